The highest BCUT2D eigenvalue weighted by atomic mass is 16.5. The molecule has 3 rings (SSSR count). The van der Waals surface area contributed by atoms with Gasteiger partial charge in [-0.15, -0.1) is 0 Å². The first-order chi connectivity index (χ1) is 10.2. The standard InChI is InChI=1S/C17H18N2O2/c1-11-3-6-16(21-2)15(9-11)19-17(20)13-5-4-12-7-8-18-14(12)10-13/h3-6,9-10,18H,7-8H2,1-2H3,(H,19,20). The molecule has 1 amide bonds. The Hall–Kier alpha value is -2.49. The number of hydrogen-bond donors (Lipinski definition) is 2. The highest BCUT2D eigenvalue weighted by molar-refractivity contribution is 6.05. The Morgan fingerprint density at radius 1 is 1.24 bits per heavy atom. The molecule has 0 bridgehead atoms. The first-order valence-corrected chi connectivity index (χ1v) is 7.00. The first-order valence-electron chi connectivity index (χ1n) is 7.00. The van der Waals surface area contributed by atoms with Crippen LogP contribution in [0, 0.1) is 6.92 Å². The van der Waals surface area contributed by atoms with Gasteiger partial charge in [-0.1, -0.05) is 12.1 Å². The lowest BCUT2D eigenvalue weighted by atomic mass is 10.1. The van der Waals surface area contributed by atoms with Crippen LogP contribution in [0.25, 0.3) is 0 Å². The van der Waals surface area contributed by atoms with Crippen molar-refractivity contribution < 1.29 is 9.53 Å². The van der Waals surface area contributed by atoms with E-state index in [0.29, 0.717) is 17.0 Å². The van der Waals surface area contributed by atoms with Crippen LogP contribution in [-0.4, -0.2) is 19.6 Å². The van der Waals surface area contributed by atoms with E-state index in [0.717, 1.165) is 24.2 Å². The summed E-state index contributed by atoms with van der Waals surface area (Å²) in [4.78, 5) is 12.4. The minimum atomic E-state index is -0.129. The van der Waals surface area contributed by atoms with E-state index in [-0.39, 0.29) is 5.91 Å². The fourth-order valence-corrected chi connectivity index (χ4v) is 2.55. The molecular weight excluding hydrogens is 264 g/mol. The lowest BCUT2D eigenvalue weighted by Crippen LogP contribution is -2.13. The Balaban J connectivity index is 1.85. The second-order valence-electron chi connectivity index (χ2n) is 5.21. The Morgan fingerprint density at radius 2 is 2.10 bits per heavy atom. The molecule has 2 aromatic carbocycles. The summed E-state index contributed by atoms with van der Waals surface area (Å²) in [6, 6.07) is 11.5. The van der Waals surface area contributed by atoms with Crippen LogP contribution in [0.15, 0.2) is 36.4 Å². The van der Waals surface area contributed by atoms with Gasteiger partial charge >= 0.3 is 0 Å². The quantitative estimate of drug-likeness (QED) is 0.908. The summed E-state index contributed by atoms with van der Waals surface area (Å²) in [7, 11) is 1.60. The minimum absolute atomic E-state index is 0.129. The number of rotatable bonds is 3. The number of aryl methyl sites for hydroxylation is 1. The molecule has 0 radical (unpaired) electrons. The molecule has 4 heteroatoms. The molecule has 0 unspecified atom stereocenters. The van der Waals surface area contributed by atoms with Gasteiger partial charge in [0.1, 0.15) is 5.75 Å². The maximum atomic E-state index is 12.4. The summed E-state index contributed by atoms with van der Waals surface area (Å²) in [6.07, 6.45) is 1.02. The molecule has 2 aromatic rings. The zero-order valence-corrected chi connectivity index (χ0v) is 12.2. The molecule has 1 aliphatic rings. The van der Waals surface area contributed by atoms with E-state index >= 15 is 0 Å². The van der Waals surface area contributed by atoms with Crippen LogP contribution >= 0.6 is 0 Å². The highest BCUT2D eigenvalue weighted by Gasteiger charge is 2.14. The van der Waals surface area contributed by atoms with Crippen molar-refractivity contribution in [3.05, 3.63) is 53.1 Å². The number of carbonyl (C=O) groups is 1. The molecule has 0 spiro atoms. The molecule has 108 valence electrons. The number of hydrogen-bond acceptors (Lipinski definition) is 3. The van der Waals surface area contributed by atoms with Crippen molar-refractivity contribution in [1.82, 2.24) is 0 Å². The lowest BCUT2D eigenvalue weighted by Gasteiger charge is -2.11. The average Bonchev–Trinajstić information content (AvgIpc) is 2.94. The van der Waals surface area contributed by atoms with Crippen LogP contribution in [0.2, 0.25) is 0 Å². The fourth-order valence-electron chi connectivity index (χ4n) is 2.55. The van der Waals surface area contributed by atoms with E-state index < -0.39 is 0 Å². The third-order valence-corrected chi connectivity index (χ3v) is 3.69. The van der Waals surface area contributed by atoms with Crippen molar-refractivity contribution in [1.29, 1.82) is 0 Å². The number of ether oxygens (including phenoxy) is 1. The second-order valence-corrected chi connectivity index (χ2v) is 5.21. The van der Waals surface area contributed by atoms with Crippen LogP contribution in [-0.2, 0) is 6.42 Å². The van der Waals surface area contributed by atoms with Crippen molar-refractivity contribution in [2.24, 2.45) is 0 Å². The molecule has 4 nitrogen and oxygen atoms in total. The van der Waals surface area contributed by atoms with Crippen LogP contribution in [0.1, 0.15) is 21.5 Å². The Labute approximate surface area is 124 Å². The van der Waals surface area contributed by atoms with Gasteiger partial charge in [0.25, 0.3) is 5.91 Å². The number of anilines is 2. The molecule has 0 fully saturated rings. The summed E-state index contributed by atoms with van der Waals surface area (Å²) in [5.74, 6) is 0.531. The van der Waals surface area contributed by atoms with E-state index in [1.165, 1.54) is 5.56 Å². The summed E-state index contributed by atoms with van der Waals surface area (Å²) in [5.41, 5.74) is 4.72. The predicted molar refractivity (Wildman–Crippen MR) is 84.3 cm³/mol. The Kier molecular flexibility index (Phi) is 3.52. The van der Waals surface area contributed by atoms with E-state index in [1.54, 1.807) is 7.11 Å². The molecule has 0 saturated carbocycles. The highest BCUT2D eigenvalue weighted by Crippen LogP contribution is 2.27. The Morgan fingerprint density at radius 3 is 2.90 bits per heavy atom. The average molecular weight is 282 g/mol. The van der Waals surface area contributed by atoms with Gasteiger partial charge in [0.2, 0.25) is 0 Å². The van der Waals surface area contributed by atoms with Crippen molar-refractivity contribution in [3.63, 3.8) is 0 Å². The smallest absolute Gasteiger partial charge is 0.255 e. The molecule has 0 aromatic heterocycles. The minimum Gasteiger partial charge on any atom is -0.495 e. The van der Waals surface area contributed by atoms with Crippen molar-refractivity contribution >= 4 is 17.3 Å². The molecule has 0 saturated heterocycles. The molecule has 0 aliphatic carbocycles. The van der Waals surface area contributed by atoms with E-state index in [4.69, 9.17) is 4.74 Å². The SMILES string of the molecule is COc1ccc(C)cc1NC(=O)c1ccc2c(c1)NCC2. The molecule has 1 aliphatic heterocycles. The monoisotopic (exact) mass is 282 g/mol. The lowest BCUT2D eigenvalue weighted by molar-refractivity contribution is 0.102. The van der Waals surface area contributed by atoms with Crippen LogP contribution < -0.4 is 15.4 Å². The predicted octanol–water partition coefficient (Wildman–Crippen LogP) is 3.22. The van der Waals surface area contributed by atoms with Crippen molar-refractivity contribution in [2.45, 2.75) is 13.3 Å². The number of amides is 1. The number of carbonyl (C=O) groups excluding carboxylic acids is 1. The van der Waals surface area contributed by atoms with Crippen LogP contribution in [0.5, 0.6) is 5.75 Å². The second kappa shape index (κ2) is 5.48. The van der Waals surface area contributed by atoms with Gasteiger partial charge in [-0.25, -0.2) is 0 Å². The van der Waals surface area contributed by atoms with Gasteiger partial charge in [-0.3, -0.25) is 4.79 Å². The summed E-state index contributed by atoms with van der Waals surface area (Å²) in [5, 5.41) is 6.20. The molecule has 1 heterocycles. The van der Waals surface area contributed by atoms with Crippen LogP contribution in [0.3, 0.4) is 0 Å². The molecule has 21 heavy (non-hydrogen) atoms. The van der Waals surface area contributed by atoms with Crippen molar-refractivity contribution in [2.75, 3.05) is 24.3 Å². The number of fused-ring (bicyclic) bond motifs is 1. The maximum Gasteiger partial charge on any atom is 0.255 e. The number of nitrogens with one attached hydrogen (secondary N) is 2. The zero-order valence-electron chi connectivity index (χ0n) is 12.2. The molecule has 0 atom stereocenters. The van der Waals surface area contributed by atoms with Gasteiger partial charge in [0, 0.05) is 17.8 Å². The normalized spacial score (nSPS) is 12.5. The summed E-state index contributed by atoms with van der Waals surface area (Å²) >= 11 is 0. The maximum absolute atomic E-state index is 12.4. The van der Waals surface area contributed by atoms with E-state index in [1.807, 2.05) is 43.3 Å². The van der Waals surface area contributed by atoms with E-state index in [2.05, 4.69) is 10.6 Å². The van der Waals surface area contributed by atoms with Crippen molar-refractivity contribution in [3.8, 4) is 5.75 Å². The third kappa shape index (κ3) is 2.70. The topological polar surface area (TPSA) is 50.4 Å². The van der Waals surface area contributed by atoms with E-state index in [9.17, 15) is 4.79 Å². The van der Waals surface area contributed by atoms with Gasteiger partial charge < -0.3 is 15.4 Å². The van der Waals surface area contributed by atoms with Gasteiger partial charge in [0.15, 0.2) is 0 Å². The summed E-state index contributed by atoms with van der Waals surface area (Å²) in [6.45, 7) is 2.92. The number of benzene rings is 2. The number of methoxy groups -OCH3 is 1. The van der Waals surface area contributed by atoms with Gasteiger partial charge in [-0.05, 0) is 48.7 Å². The zero-order chi connectivity index (χ0) is 14.8. The van der Waals surface area contributed by atoms with Gasteiger partial charge in [0.05, 0.1) is 12.8 Å². The van der Waals surface area contributed by atoms with Gasteiger partial charge in [-0.2, -0.15) is 0 Å². The van der Waals surface area contributed by atoms with Crippen LogP contribution in [0.4, 0.5) is 11.4 Å². The largest absolute Gasteiger partial charge is 0.495 e. The first kappa shape index (κ1) is 13.5. The molecular formula is C17H18N2O2. The fraction of sp³-hybridized carbons (Fsp3) is 0.235. The molecule has 2 N–H and O–H groups in total. The summed E-state index contributed by atoms with van der Waals surface area (Å²) < 4.78 is 5.28. The Bertz CT molecular complexity index is 695. The third-order valence-electron chi connectivity index (χ3n) is 3.69.